The number of aliphatic carboxylic acids is 1. The van der Waals surface area contributed by atoms with Gasteiger partial charge in [-0.05, 0) is 38.0 Å². The van der Waals surface area contributed by atoms with Gasteiger partial charge in [0.1, 0.15) is 11.4 Å². The third-order valence-corrected chi connectivity index (χ3v) is 4.45. The summed E-state index contributed by atoms with van der Waals surface area (Å²) < 4.78 is 38.1. The number of amides is 1. The van der Waals surface area contributed by atoms with Crippen molar-refractivity contribution in [2.24, 2.45) is 0 Å². The van der Waals surface area contributed by atoms with Gasteiger partial charge in [-0.25, -0.2) is 17.6 Å². The average molecular weight is 344 g/mol. The normalized spacial score (nSPS) is 21.3. The van der Waals surface area contributed by atoms with Crippen LogP contribution >= 0.6 is 0 Å². The van der Waals surface area contributed by atoms with Crippen LogP contribution in [0.15, 0.2) is 18.2 Å². The highest BCUT2D eigenvalue weighted by Gasteiger charge is 2.46. The molecule has 9 heteroatoms. The molecule has 0 radical (unpaired) electrons. The third-order valence-electron chi connectivity index (χ3n) is 3.86. The highest BCUT2D eigenvalue weighted by Crippen LogP contribution is 2.31. The van der Waals surface area contributed by atoms with E-state index in [1.165, 1.54) is 17.9 Å². The zero-order valence-corrected chi connectivity index (χ0v) is 13.5. The first-order chi connectivity index (χ1) is 10.5. The number of likely N-dealkylation sites (tertiary alicyclic amines) is 1. The number of carboxylic acid groups (broad SMARTS) is 1. The number of halogens is 1. The van der Waals surface area contributed by atoms with Crippen LogP contribution in [-0.4, -0.2) is 48.6 Å². The standard InChI is InChI=1S/C14H17FN2O5S/c1-14(13(19)20)6-3-7-17(14)12(18)9-4-5-10(15)11(8-9)16-23(2,21)22/h4-5,8,16H,3,6-7H2,1-2H3,(H,19,20). The smallest absolute Gasteiger partial charge is 0.329 e. The minimum atomic E-state index is -3.71. The van der Waals surface area contributed by atoms with Crippen molar-refractivity contribution < 1.29 is 27.5 Å². The van der Waals surface area contributed by atoms with Crippen LogP contribution in [-0.2, 0) is 14.8 Å². The summed E-state index contributed by atoms with van der Waals surface area (Å²) in [4.78, 5) is 25.2. The molecule has 1 unspecified atom stereocenters. The van der Waals surface area contributed by atoms with Crippen LogP contribution in [0.2, 0.25) is 0 Å². The summed E-state index contributed by atoms with van der Waals surface area (Å²) in [7, 11) is -3.71. The minimum Gasteiger partial charge on any atom is -0.480 e. The number of sulfonamides is 1. The lowest BCUT2D eigenvalue weighted by Gasteiger charge is -2.31. The fourth-order valence-corrected chi connectivity index (χ4v) is 3.16. The third kappa shape index (κ3) is 3.44. The molecule has 0 aliphatic carbocycles. The van der Waals surface area contributed by atoms with Gasteiger partial charge in [-0.2, -0.15) is 0 Å². The maximum Gasteiger partial charge on any atom is 0.329 e. The Hall–Kier alpha value is -2.16. The molecule has 1 aromatic rings. The van der Waals surface area contributed by atoms with E-state index < -0.39 is 33.3 Å². The van der Waals surface area contributed by atoms with E-state index in [4.69, 9.17) is 0 Å². The van der Waals surface area contributed by atoms with Crippen molar-refractivity contribution in [2.45, 2.75) is 25.3 Å². The number of benzene rings is 1. The van der Waals surface area contributed by atoms with Crippen molar-refractivity contribution in [3.8, 4) is 0 Å². The second-order valence-corrected chi connectivity index (χ2v) is 7.46. The lowest BCUT2D eigenvalue weighted by atomic mass is 9.98. The van der Waals surface area contributed by atoms with Gasteiger partial charge in [0, 0.05) is 12.1 Å². The molecule has 126 valence electrons. The van der Waals surface area contributed by atoms with Crippen LogP contribution in [0.3, 0.4) is 0 Å². The molecule has 23 heavy (non-hydrogen) atoms. The molecular formula is C14H17FN2O5S. The van der Waals surface area contributed by atoms with Crippen molar-refractivity contribution in [1.82, 2.24) is 4.90 Å². The molecule has 1 heterocycles. The largest absolute Gasteiger partial charge is 0.480 e. The quantitative estimate of drug-likeness (QED) is 0.856. The number of nitrogens with zero attached hydrogens (tertiary/aromatic N) is 1. The van der Waals surface area contributed by atoms with Crippen LogP contribution in [0, 0.1) is 5.82 Å². The van der Waals surface area contributed by atoms with Gasteiger partial charge in [0.15, 0.2) is 0 Å². The number of carbonyl (C=O) groups is 2. The number of anilines is 1. The number of hydrogen-bond acceptors (Lipinski definition) is 4. The van der Waals surface area contributed by atoms with Gasteiger partial charge in [-0.1, -0.05) is 0 Å². The van der Waals surface area contributed by atoms with Gasteiger partial charge in [-0.3, -0.25) is 9.52 Å². The van der Waals surface area contributed by atoms with Gasteiger partial charge in [0.2, 0.25) is 10.0 Å². The molecular weight excluding hydrogens is 327 g/mol. The minimum absolute atomic E-state index is 0.0203. The van der Waals surface area contributed by atoms with Crippen LogP contribution in [0.1, 0.15) is 30.1 Å². The van der Waals surface area contributed by atoms with E-state index in [1.54, 1.807) is 0 Å². The Morgan fingerprint density at radius 3 is 2.61 bits per heavy atom. The number of hydrogen-bond donors (Lipinski definition) is 2. The summed E-state index contributed by atoms with van der Waals surface area (Å²) in [5.41, 5.74) is -1.66. The second-order valence-electron chi connectivity index (χ2n) is 5.71. The van der Waals surface area contributed by atoms with Crippen LogP contribution in [0.5, 0.6) is 0 Å². The van der Waals surface area contributed by atoms with E-state index in [0.29, 0.717) is 12.8 Å². The number of rotatable bonds is 4. The first-order valence-electron chi connectivity index (χ1n) is 6.87. The Morgan fingerprint density at radius 2 is 2.04 bits per heavy atom. The molecule has 1 saturated heterocycles. The van der Waals surface area contributed by atoms with Crippen LogP contribution in [0.25, 0.3) is 0 Å². The Morgan fingerprint density at radius 1 is 1.39 bits per heavy atom. The van der Waals surface area contributed by atoms with E-state index in [9.17, 15) is 27.5 Å². The Labute approximate surface area is 133 Å². The van der Waals surface area contributed by atoms with Crippen molar-refractivity contribution in [2.75, 3.05) is 17.5 Å². The Balaban J connectivity index is 2.37. The second kappa shape index (κ2) is 5.80. The number of nitrogens with one attached hydrogen (secondary N) is 1. The number of carboxylic acids is 1. The van der Waals surface area contributed by atoms with E-state index in [2.05, 4.69) is 0 Å². The lowest BCUT2D eigenvalue weighted by molar-refractivity contribution is -0.147. The maximum absolute atomic E-state index is 13.7. The molecule has 1 aromatic carbocycles. The van der Waals surface area contributed by atoms with Gasteiger partial charge < -0.3 is 10.0 Å². The van der Waals surface area contributed by atoms with E-state index in [1.807, 2.05) is 4.72 Å². The molecule has 7 nitrogen and oxygen atoms in total. The fraction of sp³-hybridized carbons (Fsp3) is 0.429. The zero-order chi connectivity index (χ0) is 17.4. The van der Waals surface area contributed by atoms with E-state index in [0.717, 1.165) is 18.4 Å². The van der Waals surface area contributed by atoms with Crippen LogP contribution < -0.4 is 4.72 Å². The molecule has 1 amide bonds. The molecule has 2 N–H and O–H groups in total. The summed E-state index contributed by atoms with van der Waals surface area (Å²) >= 11 is 0. The number of carbonyl (C=O) groups excluding carboxylic acids is 1. The van der Waals surface area contributed by atoms with Crippen molar-refractivity contribution >= 4 is 27.6 Å². The van der Waals surface area contributed by atoms with E-state index in [-0.39, 0.29) is 17.8 Å². The fourth-order valence-electron chi connectivity index (χ4n) is 2.60. The predicted octanol–water partition coefficient (Wildman–Crippen LogP) is 1.28. The first kappa shape index (κ1) is 17.2. The van der Waals surface area contributed by atoms with Gasteiger partial charge in [0.25, 0.3) is 5.91 Å². The molecule has 1 aliphatic rings. The van der Waals surface area contributed by atoms with Crippen molar-refractivity contribution in [1.29, 1.82) is 0 Å². The van der Waals surface area contributed by atoms with E-state index >= 15 is 0 Å². The lowest BCUT2D eigenvalue weighted by Crippen LogP contribution is -2.50. The Kier molecular flexibility index (Phi) is 4.34. The summed E-state index contributed by atoms with van der Waals surface area (Å²) in [5, 5.41) is 9.34. The molecule has 0 saturated carbocycles. The molecule has 0 aromatic heterocycles. The molecule has 1 atom stereocenters. The summed E-state index contributed by atoms with van der Waals surface area (Å²) in [6.45, 7) is 1.73. The monoisotopic (exact) mass is 344 g/mol. The summed E-state index contributed by atoms with van der Waals surface area (Å²) in [6.07, 6.45) is 1.73. The van der Waals surface area contributed by atoms with Gasteiger partial charge in [0.05, 0.1) is 11.9 Å². The topological polar surface area (TPSA) is 104 Å². The highest BCUT2D eigenvalue weighted by atomic mass is 32.2. The van der Waals surface area contributed by atoms with Crippen molar-refractivity contribution in [3.63, 3.8) is 0 Å². The molecule has 1 fully saturated rings. The van der Waals surface area contributed by atoms with Crippen molar-refractivity contribution in [3.05, 3.63) is 29.6 Å². The molecule has 0 spiro atoms. The average Bonchev–Trinajstić information content (AvgIpc) is 2.82. The van der Waals surface area contributed by atoms with Gasteiger partial charge >= 0.3 is 5.97 Å². The SMILES string of the molecule is CC1(C(=O)O)CCCN1C(=O)c1ccc(F)c(NS(C)(=O)=O)c1. The van der Waals surface area contributed by atoms with Crippen LogP contribution in [0.4, 0.5) is 10.1 Å². The maximum atomic E-state index is 13.7. The molecule has 2 rings (SSSR count). The summed E-state index contributed by atoms with van der Waals surface area (Å²) in [6, 6.07) is 3.24. The predicted molar refractivity (Wildman–Crippen MR) is 81.2 cm³/mol. The van der Waals surface area contributed by atoms with Gasteiger partial charge in [-0.15, -0.1) is 0 Å². The molecule has 0 bridgehead atoms. The summed E-state index contributed by atoms with van der Waals surface area (Å²) in [5.74, 6) is -2.52. The Bertz CT molecular complexity index is 764. The first-order valence-corrected chi connectivity index (χ1v) is 8.76. The highest BCUT2D eigenvalue weighted by molar-refractivity contribution is 7.92. The zero-order valence-electron chi connectivity index (χ0n) is 12.7. The molecule has 1 aliphatic heterocycles.